The van der Waals surface area contributed by atoms with E-state index in [9.17, 15) is 0 Å². The molecule has 2 heteroatoms. The topological polar surface area (TPSA) is 16.4 Å². The van der Waals surface area contributed by atoms with Gasteiger partial charge in [0.2, 0.25) is 0 Å². The van der Waals surface area contributed by atoms with Crippen LogP contribution in [-0.4, -0.2) is 18.0 Å². The van der Waals surface area contributed by atoms with Gasteiger partial charge in [-0.1, -0.05) is 60.7 Å². The quantitative estimate of drug-likeness (QED) is 0.636. The van der Waals surface area contributed by atoms with Crippen molar-refractivity contribution in [2.45, 2.75) is 25.9 Å². The summed E-state index contributed by atoms with van der Waals surface area (Å²) in [4.78, 5) is 2.33. The van der Waals surface area contributed by atoms with Gasteiger partial charge < -0.3 is 4.42 Å². The highest BCUT2D eigenvalue weighted by atomic mass is 16.3. The molecule has 3 aromatic rings. The van der Waals surface area contributed by atoms with E-state index in [2.05, 4.69) is 73.5 Å². The molecule has 23 heavy (non-hydrogen) atoms. The molecule has 0 fully saturated rings. The first-order valence-corrected chi connectivity index (χ1v) is 8.10. The molecule has 3 rings (SSSR count). The minimum atomic E-state index is 0.461. The number of nitrogens with zero attached hydrogens (tertiary/aromatic N) is 1. The number of rotatable bonds is 6. The normalized spacial score (nSPS) is 12.5. The van der Waals surface area contributed by atoms with Crippen LogP contribution in [0, 0.1) is 0 Å². The van der Waals surface area contributed by atoms with E-state index in [-0.39, 0.29) is 0 Å². The Morgan fingerprint density at radius 3 is 2.22 bits per heavy atom. The molecule has 2 aromatic carbocycles. The van der Waals surface area contributed by atoms with Gasteiger partial charge in [0.1, 0.15) is 11.5 Å². The van der Waals surface area contributed by atoms with Crippen LogP contribution in [0.1, 0.15) is 18.2 Å². The van der Waals surface area contributed by atoms with Crippen LogP contribution in [0.3, 0.4) is 0 Å². The van der Waals surface area contributed by atoms with Crippen molar-refractivity contribution in [2.24, 2.45) is 0 Å². The molecule has 2 nitrogen and oxygen atoms in total. The van der Waals surface area contributed by atoms with Gasteiger partial charge in [0.25, 0.3) is 0 Å². The van der Waals surface area contributed by atoms with Crippen LogP contribution in [0.15, 0.2) is 77.2 Å². The SMILES string of the molecule is CC(Cc1ccccc1)N(C)Cc1ccc(-c2ccccc2)o1. The van der Waals surface area contributed by atoms with Gasteiger partial charge in [-0.05, 0) is 38.1 Å². The smallest absolute Gasteiger partial charge is 0.134 e. The maximum atomic E-state index is 6.00. The van der Waals surface area contributed by atoms with Crippen molar-refractivity contribution in [1.82, 2.24) is 4.90 Å². The Labute approximate surface area is 138 Å². The molecular formula is C21H23NO. The fourth-order valence-electron chi connectivity index (χ4n) is 2.73. The third-order valence-electron chi connectivity index (χ3n) is 4.25. The van der Waals surface area contributed by atoms with Crippen molar-refractivity contribution in [3.8, 4) is 11.3 Å². The van der Waals surface area contributed by atoms with E-state index < -0.39 is 0 Å². The van der Waals surface area contributed by atoms with Crippen LogP contribution in [0.4, 0.5) is 0 Å². The number of hydrogen-bond acceptors (Lipinski definition) is 2. The second-order valence-corrected chi connectivity index (χ2v) is 6.09. The van der Waals surface area contributed by atoms with Crippen LogP contribution >= 0.6 is 0 Å². The number of likely N-dealkylation sites (N-methyl/N-ethyl adjacent to an activating group) is 1. The van der Waals surface area contributed by atoms with E-state index in [1.807, 2.05) is 18.2 Å². The summed E-state index contributed by atoms with van der Waals surface area (Å²) >= 11 is 0. The molecule has 0 aliphatic carbocycles. The van der Waals surface area contributed by atoms with E-state index in [0.717, 1.165) is 30.0 Å². The minimum Gasteiger partial charge on any atom is -0.460 e. The predicted molar refractivity (Wildman–Crippen MR) is 95.2 cm³/mol. The lowest BCUT2D eigenvalue weighted by atomic mass is 10.1. The average Bonchev–Trinajstić information content (AvgIpc) is 3.05. The van der Waals surface area contributed by atoms with Crippen molar-refractivity contribution < 1.29 is 4.42 Å². The summed E-state index contributed by atoms with van der Waals surface area (Å²) in [6.45, 7) is 3.08. The highest BCUT2D eigenvalue weighted by Gasteiger charge is 2.13. The Balaban J connectivity index is 1.62. The zero-order valence-electron chi connectivity index (χ0n) is 13.8. The van der Waals surface area contributed by atoms with E-state index >= 15 is 0 Å². The lowest BCUT2D eigenvalue weighted by molar-refractivity contribution is 0.229. The molecule has 0 amide bonds. The molecule has 0 N–H and O–H groups in total. The third kappa shape index (κ3) is 4.11. The zero-order chi connectivity index (χ0) is 16.1. The molecule has 0 aliphatic rings. The minimum absolute atomic E-state index is 0.461. The maximum Gasteiger partial charge on any atom is 0.134 e. The first-order valence-electron chi connectivity index (χ1n) is 8.10. The second-order valence-electron chi connectivity index (χ2n) is 6.09. The summed E-state index contributed by atoms with van der Waals surface area (Å²) in [6, 6.07) is 25.5. The van der Waals surface area contributed by atoms with E-state index in [1.54, 1.807) is 0 Å². The Kier molecular flexibility index (Phi) is 4.94. The summed E-state index contributed by atoms with van der Waals surface area (Å²) in [5.41, 5.74) is 2.50. The molecule has 0 bridgehead atoms. The number of hydrogen-bond donors (Lipinski definition) is 0. The molecule has 0 radical (unpaired) electrons. The number of benzene rings is 2. The van der Waals surface area contributed by atoms with Gasteiger partial charge in [-0.15, -0.1) is 0 Å². The highest BCUT2D eigenvalue weighted by Crippen LogP contribution is 2.22. The van der Waals surface area contributed by atoms with Gasteiger partial charge in [-0.2, -0.15) is 0 Å². The molecular weight excluding hydrogens is 282 g/mol. The first-order chi connectivity index (χ1) is 11.2. The first kappa shape index (κ1) is 15.6. The summed E-state index contributed by atoms with van der Waals surface area (Å²) < 4.78 is 6.00. The Bertz CT molecular complexity index is 718. The fourth-order valence-corrected chi connectivity index (χ4v) is 2.73. The molecule has 0 aliphatic heterocycles. The molecule has 0 saturated carbocycles. The van der Waals surface area contributed by atoms with Crippen LogP contribution < -0.4 is 0 Å². The molecule has 0 spiro atoms. The molecule has 118 valence electrons. The fraction of sp³-hybridized carbons (Fsp3) is 0.238. The van der Waals surface area contributed by atoms with Crippen LogP contribution in [0.5, 0.6) is 0 Å². The molecule has 1 aromatic heterocycles. The zero-order valence-corrected chi connectivity index (χ0v) is 13.8. The van der Waals surface area contributed by atoms with E-state index in [4.69, 9.17) is 4.42 Å². The lowest BCUT2D eigenvalue weighted by Crippen LogP contribution is -2.30. The summed E-state index contributed by atoms with van der Waals surface area (Å²) in [5, 5.41) is 0. The summed E-state index contributed by atoms with van der Waals surface area (Å²) in [5.74, 6) is 1.94. The van der Waals surface area contributed by atoms with Crippen molar-refractivity contribution in [3.63, 3.8) is 0 Å². The van der Waals surface area contributed by atoms with Crippen LogP contribution in [0.2, 0.25) is 0 Å². The average molecular weight is 305 g/mol. The largest absolute Gasteiger partial charge is 0.460 e. The molecule has 0 saturated heterocycles. The van der Waals surface area contributed by atoms with Gasteiger partial charge in [-0.25, -0.2) is 0 Å². The lowest BCUT2D eigenvalue weighted by Gasteiger charge is -2.23. The van der Waals surface area contributed by atoms with Crippen molar-refractivity contribution in [1.29, 1.82) is 0 Å². The highest BCUT2D eigenvalue weighted by molar-refractivity contribution is 5.57. The Morgan fingerprint density at radius 2 is 1.52 bits per heavy atom. The third-order valence-corrected chi connectivity index (χ3v) is 4.25. The Hall–Kier alpha value is -2.32. The van der Waals surface area contributed by atoms with Gasteiger partial charge in [0.05, 0.1) is 6.54 Å². The van der Waals surface area contributed by atoms with E-state index in [0.29, 0.717) is 6.04 Å². The summed E-state index contributed by atoms with van der Waals surface area (Å²) in [6.07, 6.45) is 1.05. The van der Waals surface area contributed by atoms with Crippen molar-refractivity contribution in [2.75, 3.05) is 7.05 Å². The standard InChI is InChI=1S/C21H23NO/c1-17(15-18-9-5-3-6-10-18)22(2)16-20-13-14-21(23-20)19-11-7-4-8-12-19/h3-14,17H,15-16H2,1-2H3. The van der Waals surface area contributed by atoms with Crippen LogP contribution in [0.25, 0.3) is 11.3 Å². The Morgan fingerprint density at radius 1 is 0.870 bits per heavy atom. The van der Waals surface area contributed by atoms with Gasteiger partial charge >= 0.3 is 0 Å². The van der Waals surface area contributed by atoms with Gasteiger partial charge in [-0.3, -0.25) is 4.90 Å². The summed E-state index contributed by atoms with van der Waals surface area (Å²) in [7, 11) is 2.15. The van der Waals surface area contributed by atoms with Crippen LogP contribution in [-0.2, 0) is 13.0 Å². The maximum absolute atomic E-state index is 6.00. The van der Waals surface area contributed by atoms with Crippen molar-refractivity contribution in [3.05, 3.63) is 84.1 Å². The van der Waals surface area contributed by atoms with Gasteiger partial charge in [0.15, 0.2) is 0 Å². The predicted octanol–water partition coefficient (Wildman–Crippen LogP) is 5.01. The molecule has 1 unspecified atom stereocenters. The molecule has 1 atom stereocenters. The number of furan rings is 1. The molecule has 1 heterocycles. The van der Waals surface area contributed by atoms with Gasteiger partial charge in [0, 0.05) is 11.6 Å². The monoisotopic (exact) mass is 305 g/mol. The second kappa shape index (κ2) is 7.30. The van der Waals surface area contributed by atoms with Crippen molar-refractivity contribution >= 4 is 0 Å². The van der Waals surface area contributed by atoms with E-state index in [1.165, 1.54) is 5.56 Å².